The van der Waals surface area contributed by atoms with Gasteiger partial charge in [0.25, 0.3) is 0 Å². The summed E-state index contributed by atoms with van der Waals surface area (Å²) >= 11 is 11.3. The smallest absolute Gasteiger partial charge is 0.144 e. The predicted octanol–water partition coefficient (Wildman–Crippen LogP) is 3.90. The molecule has 0 atom stereocenters. The number of fused-ring (bicyclic) bond motifs is 1. The first-order valence-corrected chi connectivity index (χ1v) is 5.90. The van der Waals surface area contributed by atoms with Gasteiger partial charge in [-0.25, -0.2) is 4.39 Å². The van der Waals surface area contributed by atoms with E-state index in [1.54, 1.807) is 0 Å². The minimum atomic E-state index is -0.381. The van der Waals surface area contributed by atoms with E-state index in [0.29, 0.717) is 12.1 Å². The first-order valence-electron chi connectivity index (χ1n) is 5.12. The van der Waals surface area contributed by atoms with E-state index in [2.05, 4.69) is 5.32 Å². The highest BCUT2D eigenvalue weighted by atomic mass is 35.5. The molecule has 0 unspecified atom stereocenters. The van der Waals surface area contributed by atoms with Gasteiger partial charge in [0.1, 0.15) is 5.82 Å². The quantitative estimate of drug-likeness (QED) is 0.708. The highest BCUT2D eigenvalue weighted by Gasteiger charge is 2.32. The maximum atomic E-state index is 13.5. The zero-order chi connectivity index (χ0) is 12.1. The van der Waals surface area contributed by atoms with Gasteiger partial charge < -0.3 is 5.32 Å². The molecule has 0 aliphatic carbocycles. The van der Waals surface area contributed by atoms with Crippen molar-refractivity contribution in [3.05, 3.63) is 28.0 Å². The lowest BCUT2D eigenvalue weighted by Gasteiger charge is -2.36. The van der Waals surface area contributed by atoms with Gasteiger partial charge in [-0.1, -0.05) is 23.8 Å². The van der Waals surface area contributed by atoms with E-state index < -0.39 is 0 Å². The lowest BCUT2D eigenvalue weighted by Crippen LogP contribution is -2.44. The van der Waals surface area contributed by atoms with Crippen LogP contribution in [0.3, 0.4) is 0 Å². The summed E-state index contributed by atoms with van der Waals surface area (Å²) in [7, 11) is 0. The summed E-state index contributed by atoms with van der Waals surface area (Å²) in [6, 6.07) is 1.46. The van der Waals surface area contributed by atoms with Crippen LogP contribution in [0.2, 0.25) is 5.02 Å². The van der Waals surface area contributed by atoms with Gasteiger partial charge in [0.2, 0.25) is 0 Å². The van der Waals surface area contributed by atoms with Gasteiger partial charge in [-0.05, 0) is 38.0 Å². The van der Waals surface area contributed by atoms with Gasteiger partial charge in [-0.15, -0.1) is 0 Å². The molecule has 0 amide bonds. The Morgan fingerprint density at radius 3 is 2.75 bits per heavy atom. The highest BCUT2D eigenvalue weighted by molar-refractivity contribution is 7.80. The van der Waals surface area contributed by atoms with E-state index in [4.69, 9.17) is 23.8 Å². The van der Waals surface area contributed by atoms with Crippen molar-refractivity contribution in [2.75, 3.05) is 5.32 Å². The Morgan fingerprint density at radius 2 is 2.12 bits per heavy atom. The summed E-state index contributed by atoms with van der Waals surface area (Å²) in [5.41, 5.74) is 2.28. The Labute approximate surface area is 105 Å². The molecule has 1 aliphatic heterocycles. The number of rotatable bonds is 0. The lowest BCUT2D eigenvalue weighted by molar-refractivity contribution is 0.624. The molecule has 1 aromatic rings. The molecule has 0 saturated carbocycles. The molecule has 4 heteroatoms. The first kappa shape index (κ1) is 11.8. The number of hydrogen-bond donors (Lipinski definition) is 1. The van der Waals surface area contributed by atoms with Crippen LogP contribution in [0.25, 0.3) is 0 Å². The second-order valence-corrected chi connectivity index (χ2v) is 5.56. The van der Waals surface area contributed by atoms with Gasteiger partial charge in [0.05, 0.1) is 16.2 Å². The van der Waals surface area contributed by atoms with Crippen molar-refractivity contribution in [2.24, 2.45) is 0 Å². The van der Waals surface area contributed by atoms with Gasteiger partial charge in [0.15, 0.2) is 0 Å². The van der Waals surface area contributed by atoms with Crippen molar-refractivity contribution in [3.8, 4) is 0 Å². The Balaban J connectivity index is 2.64. The van der Waals surface area contributed by atoms with Crippen molar-refractivity contribution in [1.82, 2.24) is 0 Å². The topological polar surface area (TPSA) is 12.0 Å². The van der Waals surface area contributed by atoms with Gasteiger partial charge in [0, 0.05) is 11.3 Å². The van der Waals surface area contributed by atoms with Crippen LogP contribution in [0.4, 0.5) is 10.1 Å². The second-order valence-electron chi connectivity index (χ2n) is 4.69. The molecule has 0 saturated heterocycles. The Hall–Kier alpha value is -0.670. The van der Waals surface area contributed by atoms with Crippen molar-refractivity contribution < 1.29 is 4.39 Å². The third-order valence-corrected chi connectivity index (χ3v) is 4.05. The fourth-order valence-electron chi connectivity index (χ4n) is 1.91. The fourth-order valence-corrected chi connectivity index (χ4v) is 2.32. The van der Waals surface area contributed by atoms with Gasteiger partial charge in [-0.2, -0.15) is 0 Å². The molecule has 1 aromatic carbocycles. The number of thiocarbonyl (C=S) groups is 1. The van der Waals surface area contributed by atoms with Crippen LogP contribution in [0.1, 0.15) is 25.0 Å². The molecule has 0 bridgehead atoms. The number of aryl methyl sites for hydroxylation is 1. The van der Waals surface area contributed by atoms with E-state index in [1.807, 2.05) is 20.8 Å². The number of benzene rings is 1. The fraction of sp³-hybridized carbons (Fsp3) is 0.417. The first-order chi connectivity index (χ1) is 7.33. The minimum Gasteiger partial charge on any atom is -0.374 e. The molecular formula is C12H13ClFNS. The predicted molar refractivity (Wildman–Crippen MR) is 70.2 cm³/mol. The summed E-state index contributed by atoms with van der Waals surface area (Å²) in [6.07, 6.45) is 0.677. The standard InChI is InChI=1S/C12H13ClFNS/c1-6-4-8(14)10(13)11-7(6)5-9(16)12(2,3)15-11/h4,15H,5H2,1-3H3. The van der Waals surface area contributed by atoms with Gasteiger partial charge in [-0.3, -0.25) is 0 Å². The van der Waals surface area contributed by atoms with Crippen molar-refractivity contribution >= 4 is 34.4 Å². The molecule has 0 fully saturated rings. The van der Waals surface area contributed by atoms with Crippen LogP contribution in [-0.2, 0) is 6.42 Å². The van der Waals surface area contributed by atoms with E-state index >= 15 is 0 Å². The molecule has 1 N–H and O–H groups in total. The van der Waals surface area contributed by atoms with E-state index in [0.717, 1.165) is 16.0 Å². The maximum absolute atomic E-state index is 13.5. The van der Waals surface area contributed by atoms with Gasteiger partial charge >= 0.3 is 0 Å². The van der Waals surface area contributed by atoms with Crippen LogP contribution in [-0.4, -0.2) is 10.4 Å². The molecule has 2 rings (SSSR count). The van der Waals surface area contributed by atoms with Crippen molar-refractivity contribution in [1.29, 1.82) is 0 Å². The van der Waals surface area contributed by atoms with Crippen molar-refractivity contribution in [3.63, 3.8) is 0 Å². The summed E-state index contributed by atoms with van der Waals surface area (Å²) in [5, 5.41) is 3.39. The Kier molecular flexibility index (Phi) is 2.71. The van der Waals surface area contributed by atoms with Crippen LogP contribution in [0.15, 0.2) is 6.07 Å². The molecule has 1 heterocycles. The Bertz CT molecular complexity index is 482. The van der Waals surface area contributed by atoms with E-state index in [9.17, 15) is 4.39 Å². The molecule has 0 spiro atoms. The van der Waals surface area contributed by atoms with E-state index in [-0.39, 0.29) is 16.4 Å². The molecule has 1 aliphatic rings. The zero-order valence-electron chi connectivity index (χ0n) is 9.45. The molecule has 1 nitrogen and oxygen atoms in total. The molecule has 0 radical (unpaired) electrons. The maximum Gasteiger partial charge on any atom is 0.144 e. The van der Waals surface area contributed by atoms with Crippen LogP contribution in [0, 0.1) is 12.7 Å². The third kappa shape index (κ3) is 1.72. The lowest BCUT2D eigenvalue weighted by atomic mass is 9.87. The molecule has 86 valence electrons. The van der Waals surface area contributed by atoms with Crippen LogP contribution < -0.4 is 5.32 Å². The number of halogens is 2. The summed E-state index contributed by atoms with van der Waals surface area (Å²) in [4.78, 5) is 0.922. The third-order valence-electron chi connectivity index (χ3n) is 3.02. The molecule has 0 aromatic heterocycles. The number of anilines is 1. The van der Waals surface area contributed by atoms with Crippen molar-refractivity contribution in [2.45, 2.75) is 32.7 Å². The summed E-state index contributed by atoms with van der Waals surface area (Å²) in [5.74, 6) is -0.381. The number of nitrogens with one attached hydrogen (secondary N) is 1. The minimum absolute atomic E-state index is 0.163. The summed E-state index contributed by atoms with van der Waals surface area (Å²) < 4.78 is 13.5. The summed E-state index contributed by atoms with van der Waals surface area (Å²) in [6.45, 7) is 5.84. The molecule has 16 heavy (non-hydrogen) atoms. The zero-order valence-corrected chi connectivity index (χ0v) is 11.0. The van der Waals surface area contributed by atoms with E-state index in [1.165, 1.54) is 6.07 Å². The monoisotopic (exact) mass is 257 g/mol. The highest BCUT2D eigenvalue weighted by Crippen LogP contribution is 2.38. The van der Waals surface area contributed by atoms with Crippen LogP contribution in [0.5, 0.6) is 0 Å². The SMILES string of the molecule is Cc1cc(F)c(Cl)c2c1CC(=S)C(C)(C)N2. The largest absolute Gasteiger partial charge is 0.374 e. The second kappa shape index (κ2) is 3.67. The average molecular weight is 258 g/mol. The number of hydrogen-bond acceptors (Lipinski definition) is 2. The normalized spacial score (nSPS) is 17.9. The van der Waals surface area contributed by atoms with Crippen LogP contribution >= 0.6 is 23.8 Å². The molecular weight excluding hydrogens is 245 g/mol. The average Bonchev–Trinajstić information content (AvgIpc) is 2.18. The Morgan fingerprint density at radius 1 is 1.50 bits per heavy atom.